The Balaban J connectivity index is 2.25. The van der Waals surface area contributed by atoms with Crippen LogP contribution in [-0.2, 0) is 19.7 Å². The van der Waals surface area contributed by atoms with Crippen LogP contribution in [0.15, 0.2) is 15.9 Å². The second-order valence-electron chi connectivity index (χ2n) is 3.42. The zero-order valence-corrected chi connectivity index (χ0v) is 10.7. The topological polar surface area (TPSA) is 35.5 Å². The van der Waals surface area contributed by atoms with Crippen LogP contribution in [0.25, 0.3) is 0 Å². The molecule has 0 N–H and O–H groups in total. The monoisotopic (exact) mass is 290 g/mol. The van der Waals surface area contributed by atoms with Crippen molar-refractivity contribution in [1.29, 1.82) is 0 Å². The lowest BCUT2D eigenvalue weighted by Crippen LogP contribution is -2.53. The van der Waals surface area contributed by atoms with Crippen molar-refractivity contribution in [1.82, 2.24) is 0 Å². The number of rotatable bonds is 3. The fourth-order valence-corrected chi connectivity index (χ4v) is 3.09. The highest BCUT2D eigenvalue weighted by atomic mass is 79.9. The highest BCUT2D eigenvalue weighted by Crippen LogP contribution is 2.38. The summed E-state index contributed by atoms with van der Waals surface area (Å²) in [6, 6.07) is 1.96. The molecule has 15 heavy (non-hydrogen) atoms. The van der Waals surface area contributed by atoms with Gasteiger partial charge in [-0.3, -0.25) is 4.79 Å². The quantitative estimate of drug-likeness (QED) is 0.802. The molecule has 1 saturated heterocycles. The molecule has 2 heterocycles. The van der Waals surface area contributed by atoms with Crippen molar-refractivity contribution in [3.05, 3.63) is 20.8 Å². The van der Waals surface area contributed by atoms with Crippen molar-refractivity contribution < 1.29 is 14.3 Å². The Kier molecular flexibility index (Phi) is 3.13. The maximum Gasteiger partial charge on any atom is 0.322 e. The van der Waals surface area contributed by atoms with Gasteiger partial charge in [0, 0.05) is 14.7 Å². The first-order valence-electron chi connectivity index (χ1n) is 4.68. The fourth-order valence-electron chi connectivity index (χ4n) is 1.50. The summed E-state index contributed by atoms with van der Waals surface area (Å²) in [5.74, 6) is -0.175. The molecular formula is C10H11BrO3S. The molecular weight excluding hydrogens is 280 g/mol. The van der Waals surface area contributed by atoms with Gasteiger partial charge in [0.2, 0.25) is 0 Å². The van der Waals surface area contributed by atoms with Gasteiger partial charge in [0.1, 0.15) is 5.41 Å². The molecule has 0 amide bonds. The second-order valence-corrected chi connectivity index (χ2v) is 5.25. The zero-order valence-electron chi connectivity index (χ0n) is 8.29. The number of hydrogen-bond acceptors (Lipinski definition) is 4. The number of carbonyl (C=O) groups is 1. The Morgan fingerprint density at radius 2 is 2.47 bits per heavy atom. The molecule has 82 valence electrons. The van der Waals surface area contributed by atoms with E-state index in [2.05, 4.69) is 15.9 Å². The van der Waals surface area contributed by atoms with E-state index in [-0.39, 0.29) is 5.97 Å². The van der Waals surface area contributed by atoms with Crippen molar-refractivity contribution in [3.63, 3.8) is 0 Å². The predicted octanol–water partition coefficient (Wildman–Crippen LogP) is 2.34. The van der Waals surface area contributed by atoms with Gasteiger partial charge >= 0.3 is 5.97 Å². The summed E-state index contributed by atoms with van der Waals surface area (Å²) in [7, 11) is 0. The molecule has 0 atom stereocenters. The van der Waals surface area contributed by atoms with E-state index in [9.17, 15) is 4.79 Å². The Bertz CT molecular complexity index is 370. The summed E-state index contributed by atoms with van der Waals surface area (Å²) >= 11 is 4.94. The van der Waals surface area contributed by atoms with Crippen LogP contribution >= 0.6 is 27.3 Å². The third-order valence-electron chi connectivity index (χ3n) is 2.40. The standard InChI is InChI=1S/C10H11BrO3S/c1-2-14-9(12)10(5-13-6-10)8-3-7(11)4-15-8/h3-4H,2,5-6H2,1H3. The molecule has 0 saturated carbocycles. The minimum Gasteiger partial charge on any atom is -0.465 e. The van der Waals surface area contributed by atoms with Crippen LogP contribution in [0.1, 0.15) is 11.8 Å². The molecule has 0 bridgehead atoms. The SMILES string of the molecule is CCOC(=O)C1(c2cc(Br)cs2)COC1. The molecule has 1 fully saturated rings. The zero-order chi connectivity index (χ0) is 10.9. The van der Waals surface area contributed by atoms with E-state index < -0.39 is 5.41 Å². The van der Waals surface area contributed by atoms with Crippen LogP contribution in [0.3, 0.4) is 0 Å². The maximum atomic E-state index is 11.8. The minimum atomic E-state index is -0.549. The molecule has 0 aromatic carbocycles. The fraction of sp³-hybridized carbons (Fsp3) is 0.500. The van der Waals surface area contributed by atoms with Gasteiger partial charge in [0.25, 0.3) is 0 Å². The molecule has 0 aliphatic carbocycles. The maximum absolute atomic E-state index is 11.8. The lowest BCUT2D eigenvalue weighted by Gasteiger charge is -2.37. The first kappa shape index (κ1) is 11.1. The third-order valence-corrected chi connectivity index (χ3v) is 4.30. The first-order chi connectivity index (χ1) is 7.19. The third kappa shape index (κ3) is 1.84. The molecule has 0 unspecified atom stereocenters. The Hall–Kier alpha value is -0.390. The van der Waals surface area contributed by atoms with E-state index in [0.29, 0.717) is 19.8 Å². The van der Waals surface area contributed by atoms with Gasteiger partial charge in [-0.15, -0.1) is 11.3 Å². The predicted molar refractivity (Wildman–Crippen MR) is 61.1 cm³/mol. The number of carbonyl (C=O) groups excluding carboxylic acids is 1. The van der Waals surface area contributed by atoms with Crippen LogP contribution in [-0.4, -0.2) is 25.8 Å². The van der Waals surface area contributed by atoms with E-state index in [4.69, 9.17) is 9.47 Å². The second kappa shape index (κ2) is 4.23. The molecule has 2 rings (SSSR count). The molecule has 1 aliphatic heterocycles. The molecule has 3 nitrogen and oxygen atoms in total. The van der Waals surface area contributed by atoms with Gasteiger partial charge in [0.15, 0.2) is 0 Å². The van der Waals surface area contributed by atoms with Gasteiger partial charge in [0.05, 0.1) is 19.8 Å². The summed E-state index contributed by atoms with van der Waals surface area (Å²) in [4.78, 5) is 12.9. The van der Waals surface area contributed by atoms with Crippen molar-refractivity contribution >= 4 is 33.2 Å². The highest BCUT2D eigenvalue weighted by Gasteiger charge is 2.50. The van der Waals surface area contributed by atoms with E-state index in [1.165, 1.54) is 0 Å². The van der Waals surface area contributed by atoms with Crippen LogP contribution in [0, 0.1) is 0 Å². The van der Waals surface area contributed by atoms with Crippen molar-refractivity contribution in [2.75, 3.05) is 19.8 Å². The van der Waals surface area contributed by atoms with E-state index >= 15 is 0 Å². The first-order valence-corrected chi connectivity index (χ1v) is 6.36. The smallest absolute Gasteiger partial charge is 0.322 e. The number of thiophene rings is 1. The minimum absolute atomic E-state index is 0.175. The van der Waals surface area contributed by atoms with Crippen LogP contribution < -0.4 is 0 Å². The van der Waals surface area contributed by atoms with Gasteiger partial charge < -0.3 is 9.47 Å². The normalized spacial score (nSPS) is 18.3. The Labute approximate surface area is 101 Å². The van der Waals surface area contributed by atoms with Gasteiger partial charge in [-0.1, -0.05) is 0 Å². The van der Waals surface area contributed by atoms with Crippen LogP contribution in [0.5, 0.6) is 0 Å². The molecule has 5 heteroatoms. The van der Waals surface area contributed by atoms with Gasteiger partial charge in [-0.05, 0) is 28.9 Å². The number of halogens is 1. The summed E-state index contributed by atoms with van der Waals surface area (Å²) in [5.41, 5.74) is -0.549. The lowest BCUT2D eigenvalue weighted by atomic mass is 9.84. The van der Waals surface area contributed by atoms with E-state index in [1.807, 2.05) is 18.4 Å². The van der Waals surface area contributed by atoms with E-state index in [0.717, 1.165) is 9.35 Å². The van der Waals surface area contributed by atoms with Crippen molar-refractivity contribution in [2.24, 2.45) is 0 Å². The summed E-state index contributed by atoms with van der Waals surface area (Å²) < 4.78 is 11.2. The van der Waals surface area contributed by atoms with Crippen molar-refractivity contribution in [3.8, 4) is 0 Å². The highest BCUT2D eigenvalue weighted by molar-refractivity contribution is 9.10. The van der Waals surface area contributed by atoms with Crippen LogP contribution in [0.2, 0.25) is 0 Å². The average molecular weight is 291 g/mol. The van der Waals surface area contributed by atoms with Gasteiger partial charge in [-0.25, -0.2) is 0 Å². The Morgan fingerprint density at radius 3 is 2.87 bits per heavy atom. The van der Waals surface area contributed by atoms with Gasteiger partial charge in [-0.2, -0.15) is 0 Å². The number of ether oxygens (including phenoxy) is 2. The molecule has 0 radical (unpaired) electrons. The number of hydrogen-bond donors (Lipinski definition) is 0. The molecule has 1 aromatic rings. The summed E-state index contributed by atoms with van der Waals surface area (Å²) in [6.45, 7) is 3.08. The average Bonchev–Trinajstić information content (AvgIpc) is 2.51. The summed E-state index contributed by atoms with van der Waals surface area (Å²) in [5, 5.41) is 1.97. The molecule has 1 aliphatic rings. The molecule has 0 spiro atoms. The largest absolute Gasteiger partial charge is 0.465 e. The van der Waals surface area contributed by atoms with Crippen LogP contribution in [0.4, 0.5) is 0 Å². The lowest BCUT2D eigenvalue weighted by molar-refractivity contribution is -0.168. The Morgan fingerprint density at radius 1 is 1.73 bits per heavy atom. The van der Waals surface area contributed by atoms with Crippen molar-refractivity contribution in [2.45, 2.75) is 12.3 Å². The van der Waals surface area contributed by atoms with E-state index in [1.54, 1.807) is 11.3 Å². The summed E-state index contributed by atoms with van der Waals surface area (Å²) in [6.07, 6.45) is 0. The number of esters is 1. The molecule has 1 aromatic heterocycles.